The summed E-state index contributed by atoms with van der Waals surface area (Å²) in [5.41, 5.74) is 2.09. The fourth-order valence-electron chi connectivity index (χ4n) is 4.22. The Balaban J connectivity index is 1.23. The molecule has 0 N–H and O–H groups in total. The Hall–Kier alpha value is -2.80. The molecule has 3 heterocycles. The maximum Gasteiger partial charge on any atom is 0.410 e. The zero-order valence-corrected chi connectivity index (χ0v) is 15.3. The topological polar surface area (TPSA) is 51.2 Å². The second kappa shape index (κ2) is 6.98. The lowest BCUT2D eigenvalue weighted by molar-refractivity contribution is 0.120. The van der Waals surface area contributed by atoms with Gasteiger partial charge in [0.25, 0.3) is 0 Å². The van der Waals surface area contributed by atoms with Crippen LogP contribution in [0.3, 0.4) is 0 Å². The number of amides is 1. The summed E-state index contributed by atoms with van der Waals surface area (Å²) >= 11 is 0. The zero-order chi connectivity index (χ0) is 19.1. The summed E-state index contributed by atoms with van der Waals surface area (Å²) in [6.07, 6.45) is 0.305. The molecule has 3 aliphatic rings. The molecule has 2 aromatic rings. The van der Waals surface area contributed by atoms with Crippen LogP contribution in [0, 0.1) is 5.82 Å². The van der Waals surface area contributed by atoms with Crippen LogP contribution < -0.4 is 9.47 Å². The molecule has 28 heavy (non-hydrogen) atoms. The summed E-state index contributed by atoms with van der Waals surface area (Å²) in [7, 11) is 0. The van der Waals surface area contributed by atoms with Crippen molar-refractivity contribution in [1.29, 1.82) is 0 Å². The molecule has 6 nitrogen and oxygen atoms in total. The molecule has 0 saturated carbocycles. The highest BCUT2D eigenvalue weighted by Gasteiger charge is 2.47. The molecule has 0 aliphatic carbocycles. The van der Waals surface area contributed by atoms with E-state index < -0.39 is 0 Å². The van der Waals surface area contributed by atoms with Crippen molar-refractivity contribution in [2.45, 2.75) is 25.1 Å². The van der Waals surface area contributed by atoms with Crippen LogP contribution in [0.15, 0.2) is 42.5 Å². The first kappa shape index (κ1) is 17.3. The number of para-hydroxylation sites is 1. The molecule has 2 atom stereocenters. The molecule has 5 rings (SSSR count). The Labute approximate surface area is 162 Å². The van der Waals surface area contributed by atoms with E-state index in [4.69, 9.17) is 14.2 Å². The Morgan fingerprint density at radius 1 is 1.07 bits per heavy atom. The molecule has 1 amide bonds. The van der Waals surface area contributed by atoms with Gasteiger partial charge in [0, 0.05) is 31.7 Å². The molecular weight excluding hydrogens is 363 g/mol. The monoisotopic (exact) mass is 384 g/mol. The van der Waals surface area contributed by atoms with Crippen molar-refractivity contribution < 1.29 is 23.4 Å². The van der Waals surface area contributed by atoms with Crippen molar-refractivity contribution >= 4 is 6.09 Å². The highest BCUT2D eigenvalue weighted by atomic mass is 19.1. The third-order valence-corrected chi connectivity index (χ3v) is 5.63. The molecule has 2 saturated heterocycles. The van der Waals surface area contributed by atoms with Crippen LogP contribution in [0.4, 0.5) is 9.18 Å². The van der Waals surface area contributed by atoms with Crippen LogP contribution >= 0.6 is 0 Å². The van der Waals surface area contributed by atoms with Gasteiger partial charge in [-0.3, -0.25) is 9.80 Å². The number of hydrogen-bond acceptors (Lipinski definition) is 5. The van der Waals surface area contributed by atoms with Gasteiger partial charge in [-0.25, -0.2) is 9.18 Å². The molecule has 0 radical (unpaired) electrons. The van der Waals surface area contributed by atoms with Crippen molar-refractivity contribution in [3.8, 4) is 11.5 Å². The van der Waals surface area contributed by atoms with Crippen LogP contribution in [0.1, 0.15) is 11.1 Å². The smallest absolute Gasteiger partial charge is 0.410 e. The number of benzene rings is 2. The average Bonchev–Trinajstić information content (AvgIpc) is 3.37. The summed E-state index contributed by atoms with van der Waals surface area (Å²) in [5, 5.41) is 0. The predicted molar refractivity (Wildman–Crippen MR) is 98.7 cm³/mol. The third-order valence-electron chi connectivity index (χ3n) is 5.63. The fourth-order valence-corrected chi connectivity index (χ4v) is 4.22. The van der Waals surface area contributed by atoms with E-state index in [2.05, 4.69) is 4.90 Å². The lowest BCUT2D eigenvalue weighted by Gasteiger charge is -2.22. The minimum atomic E-state index is -0.255. The van der Waals surface area contributed by atoms with Gasteiger partial charge in [0.05, 0.1) is 6.04 Å². The van der Waals surface area contributed by atoms with Gasteiger partial charge in [-0.1, -0.05) is 24.3 Å². The van der Waals surface area contributed by atoms with E-state index >= 15 is 0 Å². The first-order chi connectivity index (χ1) is 13.7. The highest BCUT2D eigenvalue weighted by Crippen LogP contribution is 2.37. The quantitative estimate of drug-likeness (QED) is 0.794. The van der Waals surface area contributed by atoms with Crippen LogP contribution in [-0.4, -0.2) is 54.5 Å². The molecule has 0 unspecified atom stereocenters. The van der Waals surface area contributed by atoms with E-state index in [1.165, 1.54) is 12.1 Å². The molecule has 0 spiro atoms. The van der Waals surface area contributed by atoms with Crippen LogP contribution in [0.25, 0.3) is 0 Å². The second-order valence-corrected chi connectivity index (χ2v) is 7.40. The summed E-state index contributed by atoms with van der Waals surface area (Å²) in [6.45, 7) is 3.00. The van der Waals surface area contributed by atoms with E-state index in [0.29, 0.717) is 19.5 Å². The molecule has 3 aliphatic heterocycles. The van der Waals surface area contributed by atoms with E-state index in [9.17, 15) is 9.18 Å². The summed E-state index contributed by atoms with van der Waals surface area (Å²) in [4.78, 5) is 16.4. The maximum absolute atomic E-state index is 13.1. The van der Waals surface area contributed by atoms with Crippen molar-refractivity contribution in [1.82, 2.24) is 9.80 Å². The number of fused-ring (bicyclic) bond motifs is 2. The minimum Gasteiger partial charge on any atom is -0.454 e. The normalized spacial score (nSPS) is 23.2. The van der Waals surface area contributed by atoms with Crippen molar-refractivity contribution in [3.05, 3.63) is 59.4 Å². The number of hydrogen-bond donors (Lipinski definition) is 0. The van der Waals surface area contributed by atoms with Crippen molar-refractivity contribution in [3.63, 3.8) is 0 Å². The van der Waals surface area contributed by atoms with Crippen molar-refractivity contribution in [2.75, 3.05) is 26.4 Å². The van der Waals surface area contributed by atoms with E-state index in [1.807, 2.05) is 23.1 Å². The first-order valence-electron chi connectivity index (χ1n) is 9.49. The van der Waals surface area contributed by atoms with Crippen molar-refractivity contribution in [2.24, 2.45) is 0 Å². The van der Waals surface area contributed by atoms with E-state index in [0.717, 1.165) is 35.7 Å². The molecule has 2 aromatic carbocycles. The van der Waals surface area contributed by atoms with Crippen LogP contribution in [-0.2, 0) is 17.7 Å². The fraction of sp³-hybridized carbons (Fsp3) is 0.381. The Bertz CT molecular complexity index is 888. The highest BCUT2D eigenvalue weighted by molar-refractivity contribution is 5.71. The number of rotatable bonds is 5. The second-order valence-electron chi connectivity index (χ2n) is 7.40. The Morgan fingerprint density at radius 3 is 2.79 bits per heavy atom. The molecular formula is C21H21FN2O4. The Morgan fingerprint density at radius 2 is 1.93 bits per heavy atom. The summed E-state index contributed by atoms with van der Waals surface area (Å²) in [5.74, 6) is 1.34. The zero-order valence-electron chi connectivity index (χ0n) is 15.3. The molecule has 0 bridgehead atoms. The minimum absolute atomic E-state index is 0.0434. The molecule has 0 aromatic heterocycles. The van der Waals surface area contributed by atoms with Crippen LogP contribution in [0.2, 0.25) is 0 Å². The number of carbonyl (C=O) groups is 1. The van der Waals surface area contributed by atoms with E-state index in [-0.39, 0.29) is 30.8 Å². The third kappa shape index (κ3) is 3.16. The maximum atomic E-state index is 13.1. The lowest BCUT2D eigenvalue weighted by atomic mass is 10.1. The van der Waals surface area contributed by atoms with Gasteiger partial charge in [-0.05, 0) is 30.2 Å². The molecule has 2 fully saturated rings. The van der Waals surface area contributed by atoms with Gasteiger partial charge < -0.3 is 14.2 Å². The van der Waals surface area contributed by atoms with Gasteiger partial charge in [-0.2, -0.15) is 0 Å². The lowest BCUT2D eigenvalue weighted by Crippen LogP contribution is -2.39. The average molecular weight is 384 g/mol. The van der Waals surface area contributed by atoms with Gasteiger partial charge in [0.15, 0.2) is 11.5 Å². The van der Waals surface area contributed by atoms with E-state index in [1.54, 1.807) is 12.1 Å². The van der Waals surface area contributed by atoms with Gasteiger partial charge in [0.1, 0.15) is 11.9 Å². The first-order valence-corrected chi connectivity index (χ1v) is 9.49. The SMILES string of the molecule is O=C1O[C@@H]2CN(Cc3cccc4c3OCO4)C[C@@H]2N1CCc1ccc(F)cc1. The summed E-state index contributed by atoms with van der Waals surface area (Å²) in [6, 6.07) is 12.4. The summed E-state index contributed by atoms with van der Waals surface area (Å²) < 4.78 is 29.7. The van der Waals surface area contributed by atoms with Gasteiger partial charge in [0.2, 0.25) is 6.79 Å². The Kier molecular flexibility index (Phi) is 4.31. The van der Waals surface area contributed by atoms with Gasteiger partial charge in [-0.15, -0.1) is 0 Å². The predicted octanol–water partition coefficient (Wildman–Crippen LogP) is 2.80. The number of likely N-dealkylation sites (tertiary alicyclic amines) is 1. The molecule has 7 heteroatoms. The molecule has 146 valence electrons. The van der Waals surface area contributed by atoms with Crippen LogP contribution in [0.5, 0.6) is 11.5 Å². The largest absolute Gasteiger partial charge is 0.454 e. The van der Waals surface area contributed by atoms with Gasteiger partial charge >= 0.3 is 6.09 Å². The number of halogens is 1. The number of nitrogens with zero attached hydrogens (tertiary/aromatic N) is 2. The standard InChI is InChI=1S/C21H21FN2O4/c22-16-6-4-14(5-7-16)8-9-24-17-11-23(12-19(17)28-21(24)25)10-15-2-1-3-18-20(15)27-13-26-18/h1-7,17,19H,8-13H2/t17-,19+/m0/s1. The number of carbonyl (C=O) groups excluding carboxylic acids is 1. The number of ether oxygens (including phenoxy) is 3.